The van der Waals surface area contributed by atoms with Crippen LogP contribution in [0.1, 0.15) is 0 Å². The lowest BCUT2D eigenvalue weighted by Gasteiger charge is -2.11. The number of thiophene rings is 1. The number of fused-ring (bicyclic) bond motifs is 15. The average Bonchev–Trinajstić information content (AvgIpc) is 3.99. The number of hydrogen-bond acceptors (Lipinski definition) is 3. The van der Waals surface area contributed by atoms with Gasteiger partial charge in [0.05, 0.1) is 43.5 Å². The Labute approximate surface area is 318 Å². The molecule has 5 heterocycles. The van der Waals surface area contributed by atoms with Crippen LogP contribution in [-0.2, 0) is 0 Å². The summed E-state index contributed by atoms with van der Waals surface area (Å²) in [6, 6.07) is 61.4. The summed E-state index contributed by atoms with van der Waals surface area (Å²) in [6.45, 7) is 0. The fourth-order valence-corrected chi connectivity index (χ4v) is 10.5. The number of para-hydroxylation sites is 2. The van der Waals surface area contributed by atoms with Crippen molar-refractivity contribution in [2.24, 2.45) is 0 Å². The Bertz CT molecular complexity index is 3700. The van der Waals surface area contributed by atoms with Crippen molar-refractivity contribution in [1.82, 2.24) is 18.9 Å². The third kappa shape index (κ3) is 3.89. The fraction of sp³-hybridized carbons (Fsp3) is 0. The molecule has 0 fully saturated rings. The Hall–Kier alpha value is -7.08. The molecule has 4 nitrogen and oxygen atoms in total. The van der Waals surface area contributed by atoms with E-state index in [1.807, 2.05) is 0 Å². The predicted molar refractivity (Wildman–Crippen MR) is 232 cm³/mol. The van der Waals surface area contributed by atoms with Crippen molar-refractivity contribution in [2.75, 3.05) is 0 Å². The first-order valence-corrected chi connectivity index (χ1v) is 19.5. The third-order valence-corrected chi connectivity index (χ3v) is 12.8. The zero-order chi connectivity index (χ0) is 35.8. The van der Waals surface area contributed by atoms with E-state index in [4.69, 9.17) is 9.97 Å². The molecule has 0 aliphatic rings. The fourth-order valence-electron chi connectivity index (χ4n) is 9.31. The summed E-state index contributed by atoms with van der Waals surface area (Å²) >= 11 is 1.77. The van der Waals surface area contributed by atoms with E-state index in [0.29, 0.717) is 5.95 Å². The van der Waals surface area contributed by atoms with Crippen LogP contribution < -0.4 is 0 Å². The number of benzene rings is 8. The SMILES string of the molecule is c1ccc(-c2ccc(-c3nc(-n4c5ccccc5c5c6c7ccc8ccccc8c7n7c8ccccc8c(cc54)c67)nc4c3sc3ccccc34)cc2)cc1. The summed E-state index contributed by atoms with van der Waals surface area (Å²) in [5.74, 6) is 0.677. The van der Waals surface area contributed by atoms with Crippen molar-refractivity contribution in [3.8, 4) is 28.3 Å². The molecule has 0 atom stereocenters. The highest BCUT2D eigenvalue weighted by molar-refractivity contribution is 7.26. The highest BCUT2D eigenvalue weighted by Gasteiger charge is 2.26. The van der Waals surface area contributed by atoms with E-state index in [1.54, 1.807) is 11.3 Å². The topological polar surface area (TPSA) is 35.1 Å². The normalized spacial score (nSPS) is 12.4. The standard InChI is InChI=1S/C50H28N4S/c1-2-12-29(13-3-1)30-22-24-32(25-23-30)45-49-46(36-18-8-11-21-42(36)55-49)52-50(51-45)53-40-20-10-7-17-35(40)43-41(53)28-38-34-16-6-9-19-39(34)54-47-33-15-5-4-14-31(33)26-27-37(47)44(43)48(38)54/h1-28H. The van der Waals surface area contributed by atoms with Crippen molar-refractivity contribution >= 4 is 102 Å². The van der Waals surface area contributed by atoms with Gasteiger partial charge < -0.3 is 4.40 Å². The molecule has 0 saturated carbocycles. The Morgan fingerprint density at radius 2 is 1.09 bits per heavy atom. The first-order valence-electron chi connectivity index (χ1n) is 18.7. The van der Waals surface area contributed by atoms with E-state index in [9.17, 15) is 0 Å². The Balaban J connectivity index is 1.18. The molecule has 13 rings (SSSR count). The smallest absolute Gasteiger partial charge is 0.235 e. The van der Waals surface area contributed by atoms with Gasteiger partial charge in [0.1, 0.15) is 0 Å². The minimum atomic E-state index is 0.677. The maximum absolute atomic E-state index is 5.55. The molecule has 5 aromatic heterocycles. The molecule has 55 heavy (non-hydrogen) atoms. The van der Waals surface area contributed by atoms with Gasteiger partial charge in [-0.15, -0.1) is 11.3 Å². The molecule has 254 valence electrons. The lowest BCUT2D eigenvalue weighted by molar-refractivity contribution is 1.02. The molecule has 0 N–H and O–H groups in total. The monoisotopic (exact) mass is 716 g/mol. The second-order valence-corrected chi connectivity index (χ2v) is 15.6. The number of nitrogens with zero attached hydrogens (tertiary/aromatic N) is 4. The van der Waals surface area contributed by atoms with Gasteiger partial charge in [0.2, 0.25) is 5.95 Å². The van der Waals surface area contributed by atoms with E-state index < -0.39 is 0 Å². The number of rotatable bonds is 3. The van der Waals surface area contributed by atoms with Gasteiger partial charge in [0, 0.05) is 53.4 Å². The molecule has 0 aliphatic heterocycles. The predicted octanol–water partition coefficient (Wildman–Crippen LogP) is 13.6. The van der Waals surface area contributed by atoms with Crippen LogP contribution >= 0.6 is 11.3 Å². The Morgan fingerprint density at radius 1 is 0.418 bits per heavy atom. The highest BCUT2D eigenvalue weighted by atomic mass is 32.1. The molecular weight excluding hydrogens is 689 g/mol. The van der Waals surface area contributed by atoms with Gasteiger partial charge in [-0.2, -0.15) is 0 Å². The van der Waals surface area contributed by atoms with Crippen LogP contribution in [0.2, 0.25) is 0 Å². The lowest BCUT2D eigenvalue weighted by Crippen LogP contribution is -2.02. The molecule has 0 unspecified atom stereocenters. The zero-order valence-corrected chi connectivity index (χ0v) is 30.2. The summed E-state index contributed by atoms with van der Waals surface area (Å²) in [6.07, 6.45) is 0. The molecule has 8 aromatic carbocycles. The minimum Gasteiger partial charge on any atom is -0.307 e. The first-order chi connectivity index (χ1) is 27.3. The van der Waals surface area contributed by atoms with E-state index in [-0.39, 0.29) is 0 Å². The summed E-state index contributed by atoms with van der Waals surface area (Å²) in [7, 11) is 0. The molecule has 0 amide bonds. The van der Waals surface area contributed by atoms with Crippen molar-refractivity contribution < 1.29 is 0 Å². The quantitative estimate of drug-likeness (QED) is 0.182. The zero-order valence-electron chi connectivity index (χ0n) is 29.4. The van der Waals surface area contributed by atoms with Gasteiger partial charge in [-0.1, -0.05) is 146 Å². The summed E-state index contributed by atoms with van der Waals surface area (Å²) < 4.78 is 7.14. The van der Waals surface area contributed by atoms with Gasteiger partial charge in [-0.25, -0.2) is 9.97 Å². The lowest BCUT2D eigenvalue weighted by atomic mass is 10.0. The highest BCUT2D eigenvalue weighted by Crippen LogP contribution is 2.48. The number of aromatic nitrogens is 4. The number of hydrogen-bond donors (Lipinski definition) is 0. The van der Waals surface area contributed by atoms with Crippen LogP contribution in [0.4, 0.5) is 0 Å². The van der Waals surface area contributed by atoms with E-state index >= 15 is 0 Å². The third-order valence-electron chi connectivity index (χ3n) is 11.7. The molecule has 5 heteroatoms. The van der Waals surface area contributed by atoms with Crippen LogP contribution in [0.5, 0.6) is 0 Å². The molecular formula is C50H28N4S. The summed E-state index contributed by atoms with van der Waals surface area (Å²) in [5, 5.41) is 11.1. The van der Waals surface area contributed by atoms with Crippen LogP contribution in [0.15, 0.2) is 170 Å². The largest absolute Gasteiger partial charge is 0.307 e. The molecule has 0 radical (unpaired) electrons. The van der Waals surface area contributed by atoms with Gasteiger partial charge in [-0.3, -0.25) is 4.57 Å². The van der Waals surface area contributed by atoms with Crippen molar-refractivity contribution in [3.63, 3.8) is 0 Å². The van der Waals surface area contributed by atoms with Gasteiger partial charge in [-0.05, 0) is 40.8 Å². The van der Waals surface area contributed by atoms with Crippen LogP contribution in [0.3, 0.4) is 0 Å². The summed E-state index contributed by atoms with van der Waals surface area (Å²) in [5.41, 5.74) is 11.3. The second-order valence-electron chi connectivity index (χ2n) is 14.5. The molecule has 13 aromatic rings. The molecule has 0 bridgehead atoms. The van der Waals surface area contributed by atoms with Crippen molar-refractivity contribution in [1.29, 1.82) is 0 Å². The van der Waals surface area contributed by atoms with Crippen LogP contribution in [0.25, 0.3) is 119 Å². The van der Waals surface area contributed by atoms with Gasteiger partial charge in [0.25, 0.3) is 0 Å². The van der Waals surface area contributed by atoms with Crippen LogP contribution in [-0.4, -0.2) is 18.9 Å². The Kier molecular flexibility index (Phi) is 5.74. The van der Waals surface area contributed by atoms with E-state index in [0.717, 1.165) is 37.9 Å². The average molecular weight is 717 g/mol. The van der Waals surface area contributed by atoms with Crippen molar-refractivity contribution in [3.05, 3.63) is 170 Å². The maximum atomic E-state index is 5.55. The van der Waals surface area contributed by atoms with Crippen LogP contribution in [0, 0.1) is 0 Å². The van der Waals surface area contributed by atoms with E-state index in [2.05, 4.69) is 179 Å². The maximum Gasteiger partial charge on any atom is 0.235 e. The van der Waals surface area contributed by atoms with Gasteiger partial charge in [0.15, 0.2) is 0 Å². The Morgan fingerprint density at radius 3 is 1.95 bits per heavy atom. The molecule has 0 aliphatic carbocycles. The second kappa shape index (κ2) is 10.8. The van der Waals surface area contributed by atoms with Crippen molar-refractivity contribution in [2.45, 2.75) is 0 Å². The summed E-state index contributed by atoms with van der Waals surface area (Å²) in [4.78, 5) is 11.1. The minimum absolute atomic E-state index is 0.677. The van der Waals surface area contributed by atoms with Gasteiger partial charge >= 0.3 is 0 Å². The first kappa shape index (κ1) is 29.4. The van der Waals surface area contributed by atoms with E-state index in [1.165, 1.54) is 75.5 Å². The molecule has 0 saturated heterocycles. The molecule has 0 spiro atoms.